The van der Waals surface area contributed by atoms with Crippen molar-refractivity contribution in [3.05, 3.63) is 59.7 Å². The first-order valence-corrected chi connectivity index (χ1v) is 10.9. The first kappa shape index (κ1) is 20.5. The highest BCUT2D eigenvalue weighted by Crippen LogP contribution is 2.32. The molecule has 6 nitrogen and oxygen atoms in total. The molecule has 2 aromatic carbocycles. The summed E-state index contributed by atoms with van der Waals surface area (Å²) in [6, 6.07) is 16.6. The molecule has 2 aliphatic rings. The number of urea groups is 1. The largest absolute Gasteiger partial charge is 0.454 e. The van der Waals surface area contributed by atoms with Crippen molar-refractivity contribution in [1.82, 2.24) is 15.1 Å². The van der Waals surface area contributed by atoms with Crippen molar-refractivity contribution in [2.45, 2.75) is 45.3 Å². The summed E-state index contributed by atoms with van der Waals surface area (Å²) in [6.45, 7) is 6.60. The zero-order valence-corrected chi connectivity index (χ0v) is 17.7. The number of likely N-dealkylation sites (tertiary alicyclic amines) is 1. The van der Waals surface area contributed by atoms with Crippen molar-refractivity contribution in [3.8, 4) is 11.5 Å². The third kappa shape index (κ3) is 5.05. The predicted octanol–water partition coefficient (Wildman–Crippen LogP) is 4.00. The topological polar surface area (TPSA) is 54.0 Å². The Balaban J connectivity index is 1.35. The van der Waals surface area contributed by atoms with Gasteiger partial charge >= 0.3 is 6.03 Å². The van der Waals surface area contributed by atoms with E-state index in [0.29, 0.717) is 6.54 Å². The van der Waals surface area contributed by atoms with Crippen LogP contribution in [0.25, 0.3) is 0 Å². The minimum Gasteiger partial charge on any atom is -0.454 e. The molecular weight excluding hydrogens is 378 g/mol. The van der Waals surface area contributed by atoms with E-state index in [2.05, 4.69) is 47.5 Å². The molecule has 1 unspecified atom stereocenters. The number of fused-ring (bicyclic) bond motifs is 1. The number of nitrogens with zero attached hydrogens (tertiary/aromatic N) is 2. The molecule has 2 aromatic rings. The van der Waals surface area contributed by atoms with E-state index >= 15 is 0 Å². The van der Waals surface area contributed by atoms with Gasteiger partial charge in [0, 0.05) is 32.2 Å². The molecule has 30 heavy (non-hydrogen) atoms. The molecular formula is C24H31N3O3. The van der Waals surface area contributed by atoms with Gasteiger partial charge in [0.2, 0.25) is 6.79 Å². The number of ether oxygens (including phenoxy) is 2. The van der Waals surface area contributed by atoms with Gasteiger partial charge in [0.15, 0.2) is 11.5 Å². The Labute approximate surface area is 178 Å². The maximum Gasteiger partial charge on any atom is 0.317 e. The number of hydrogen-bond acceptors (Lipinski definition) is 4. The second kappa shape index (κ2) is 9.85. The summed E-state index contributed by atoms with van der Waals surface area (Å²) >= 11 is 0. The molecule has 2 heterocycles. The maximum atomic E-state index is 13.0. The summed E-state index contributed by atoms with van der Waals surface area (Å²) in [5.74, 6) is 1.51. The van der Waals surface area contributed by atoms with Gasteiger partial charge in [0.1, 0.15) is 0 Å². The summed E-state index contributed by atoms with van der Waals surface area (Å²) in [7, 11) is 0. The Kier molecular flexibility index (Phi) is 6.74. The smallest absolute Gasteiger partial charge is 0.317 e. The number of benzene rings is 2. The number of carbonyl (C=O) groups excluding carboxylic acids is 1. The molecule has 0 saturated carbocycles. The van der Waals surface area contributed by atoms with Gasteiger partial charge in [-0.2, -0.15) is 0 Å². The Morgan fingerprint density at radius 1 is 1.13 bits per heavy atom. The van der Waals surface area contributed by atoms with Gasteiger partial charge in [-0.15, -0.1) is 0 Å². The van der Waals surface area contributed by atoms with Gasteiger partial charge < -0.3 is 19.7 Å². The second-order valence-corrected chi connectivity index (χ2v) is 8.06. The molecule has 2 amide bonds. The predicted molar refractivity (Wildman–Crippen MR) is 117 cm³/mol. The molecule has 0 spiro atoms. The minimum atomic E-state index is 0.0149. The first-order valence-electron chi connectivity index (χ1n) is 10.9. The van der Waals surface area contributed by atoms with Crippen molar-refractivity contribution in [3.63, 3.8) is 0 Å². The first-order chi connectivity index (χ1) is 14.7. The molecule has 0 aromatic heterocycles. The van der Waals surface area contributed by atoms with E-state index < -0.39 is 0 Å². The van der Waals surface area contributed by atoms with Crippen LogP contribution < -0.4 is 14.8 Å². The molecule has 6 heteroatoms. The van der Waals surface area contributed by atoms with E-state index in [1.807, 2.05) is 23.1 Å². The van der Waals surface area contributed by atoms with E-state index in [9.17, 15) is 4.79 Å². The summed E-state index contributed by atoms with van der Waals surface area (Å²) in [5, 5.41) is 3.11. The molecule has 1 saturated heterocycles. The van der Waals surface area contributed by atoms with Gasteiger partial charge in [-0.1, -0.05) is 43.3 Å². The number of nitrogens with one attached hydrogen (secondary N) is 1. The summed E-state index contributed by atoms with van der Waals surface area (Å²) < 4.78 is 10.8. The van der Waals surface area contributed by atoms with Crippen LogP contribution in [0.2, 0.25) is 0 Å². The fourth-order valence-electron chi connectivity index (χ4n) is 4.29. The average molecular weight is 410 g/mol. The minimum absolute atomic E-state index is 0.0149. The lowest BCUT2D eigenvalue weighted by Gasteiger charge is -2.39. The highest BCUT2D eigenvalue weighted by atomic mass is 16.7. The number of carbonyl (C=O) groups is 1. The molecule has 4 rings (SSSR count). The van der Waals surface area contributed by atoms with Crippen LogP contribution in [0.1, 0.15) is 37.3 Å². The van der Waals surface area contributed by atoms with Gasteiger partial charge in [0.05, 0.1) is 0 Å². The van der Waals surface area contributed by atoms with Crippen LogP contribution in [0, 0.1) is 0 Å². The van der Waals surface area contributed by atoms with Crippen LogP contribution in [0.3, 0.4) is 0 Å². The SMILES string of the molecule is CCCN(C(=O)NCc1ccc2c(c1)OCO2)C1CCCN(Cc2ccccc2)C1. The monoisotopic (exact) mass is 409 g/mol. The van der Waals surface area contributed by atoms with Gasteiger partial charge in [0.25, 0.3) is 0 Å². The van der Waals surface area contributed by atoms with Crippen molar-refractivity contribution in [2.24, 2.45) is 0 Å². The molecule has 1 atom stereocenters. The van der Waals surface area contributed by atoms with E-state index in [-0.39, 0.29) is 18.9 Å². The maximum absolute atomic E-state index is 13.0. The lowest BCUT2D eigenvalue weighted by Crippen LogP contribution is -2.53. The Hall–Kier alpha value is -2.73. The highest BCUT2D eigenvalue weighted by Gasteiger charge is 2.28. The second-order valence-electron chi connectivity index (χ2n) is 8.06. The number of amides is 2. The quantitative estimate of drug-likeness (QED) is 0.751. The molecule has 0 radical (unpaired) electrons. The third-order valence-electron chi connectivity index (χ3n) is 5.78. The van der Waals surface area contributed by atoms with E-state index in [1.165, 1.54) is 5.56 Å². The van der Waals surface area contributed by atoms with Crippen molar-refractivity contribution >= 4 is 6.03 Å². The zero-order valence-electron chi connectivity index (χ0n) is 17.7. The fraction of sp³-hybridized carbons (Fsp3) is 0.458. The highest BCUT2D eigenvalue weighted by molar-refractivity contribution is 5.74. The fourth-order valence-corrected chi connectivity index (χ4v) is 4.29. The van der Waals surface area contributed by atoms with Gasteiger partial charge in [-0.3, -0.25) is 4.90 Å². The van der Waals surface area contributed by atoms with E-state index in [0.717, 1.165) is 62.5 Å². The summed E-state index contributed by atoms with van der Waals surface area (Å²) in [6.07, 6.45) is 3.13. The van der Waals surface area contributed by atoms with Crippen LogP contribution in [0.5, 0.6) is 11.5 Å². The van der Waals surface area contributed by atoms with Crippen LogP contribution in [-0.4, -0.2) is 48.3 Å². The molecule has 1 fully saturated rings. The van der Waals surface area contributed by atoms with E-state index in [4.69, 9.17) is 9.47 Å². The third-order valence-corrected chi connectivity index (χ3v) is 5.78. The Bertz CT molecular complexity index is 843. The zero-order chi connectivity index (χ0) is 20.8. The number of rotatable bonds is 7. The van der Waals surface area contributed by atoms with Gasteiger partial charge in [-0.05, 0) is 49.1 Å². The van der Waals surface area contributed by atoms with Crippen LogP contribution in [-0.2, 0) is 13.1 Å². The lowest BCUT2D eigenvalue weighted by molar-refractivity contribution is 0.107. The van der Waals surface area contributed by atoms with Crippen LogP contribution >= 0.6 is 0 Å². The summed E-state index contributed by atoms with van der Waals surface area (Å²) in [5.41, 5.74) is 2.34. The number of hydrogen-bond donors (Lipinski definition) is 1. The van der Waals surface area contributed by atoms with E-state index in [1.54, 1.807) is 0 Å². The Morgan fingerprint density at radius 3 is 2.80 bits per heavy atom. The lowest BCUT2D eigenvalue weighted by atomic mass is 10.0. The molecule has 0 aliphatic carbocycles. The summed E-state index contributed by atoms with van der Waals surface area (Å²) in [4.78, 5) is 17.5. The van der Waals surface area contributed by atoms with Gasteiger partial charge in [-0.25, -0.2) is 4.79 Å². The van der Waals surface area contributed by atoms with Crippen molar-refractivity contribution < 1.29 is 14.3 Å². The average Bonchev–Trinajstić information content (AvgIpc) is 3.25. The van der Waals surface area contributed by atoms with Crippen molar-refractivity contribution in [2.75, 3.05) is 26.4 Å². The standard InChI is InChI=1S/C24H31N3O3/c1-2-12-27(21-9-6-13-26(17-21)16-19-7-4-3-5-8-19)24(28)25-15-20-10-11-22-23(14-20)30-18-29-22/h3-5,7-8,10-11,14,21H,2,6,9,12-13,15-18H2,1H3,(H,25,28). The van der Waals surface area contributed by atoms with Crippen LogP contribution in [0.15, 0.2) is 48.5 Å². The number of piperidine rings is 1. The van der Waals surface area contributed by atoms with Crippen molar-refractivity contribution in [1.29, 1.82) is 0 Å². The normalized spacial score (nSPS) is 18.2. The molecule has 160 valence electrons. The molecule has 0 bridgehead atoms. The Morgan fingerprint density at radius 2 is 1.97 bits per heavy atom. The molecule has 1 N–H and O–H groups in total. The molecule has 2 aliphatic heterocycles. The van der Waals surface area contributed by atoms with Crippen LogP contribution in [0.4, 0.5) is 4.79 Å².